The van der Waals surface area contributed by atoms with Crippen LogP contribution in [0.15, 0.2) is 47.1 Å². The summed E-state index contributed by atoms with van der Waals surface area (Å²) in [5.41, 5.74) is 3.37. The van der Waals surface area contributed by atoms with E-state index >= 15 is 0 Å². The minimum atomic E-state index is -0.708. The third-order valence-corrected chi connectivity index (χ3v) is 4.49. The van der Waals surface area contributed by atoms with Crippen LogP contribution in [-0.2, 0) is 0 Å². The van der Waals surface area contributed by atoms with Gasteiger partial charge in [-0.15, -0.1) is 0 Å². The number of aliphatic hydroxyl groups is 1. The SMILES string of the molecule is CC1=CCC=C(C)CC/C=C(\C)CC[C@](O)(C(C)C)C=C1. The monoisotopic (exact) mass is 288 g/mol. The molecule has 0 radical (unpaired) electrons. The average Bonchev–Trinajstić information content (AvgIpc) is 2.42. The lowest BCUT2D eigenvalue weighted by atomic mass is 9.84. The van der Waals surface area contributed by atoms with Gasteiger partial charge in [0, 0.05) is 0 Å². The van der Waals surface area contributed by atoms with Crippen LogP contribution in [0.25, 0.3) is 0 Å². The first-order valence-corrected chi connectivity index (χ1v) is 8.23. The molecule has 1 aliphatic rings. The third-order valence-electron chi connectivity index (χ3n) is 4.49. The molecule has 0 bridgehead atoms. The molecule has 1 atom stereocenters. The Kier molecular flexibility index (Phi) is 7.17. The topological polar surface area (TPSA) is 20.2 Å². The van der Waals surface area contributed by atoms with Crippen molar-refractivity contribution in [3.8, 4) is 0 Å². The molecule has 118 valence electrons. The zero-order valence-electron chi connectivity index (χ0n) is 14.4. The van der Waals surface area contributed by atoms with Crippen LogP contribution in [-0.4, -0.2) is 10.7 Å². The lowest BCUT2D eigenvalue weighted by molar-refractivity contribution is 0.0350. The van der Waals surface area contributed by atoms with Gasteiger partial charge in [-0.05, 0) is 58.8 Å². The van der Waals surface area contributed by atoms with Gasteiger partial charge in [0.1, 0.15) is 0 Å². The van der Waals surface area contributed by atoms with Gasteiger partial charge in [-0.2, -0.15) is 0 Å². The molecule has 0 unspecified atom stereocenters. The minimum absolute atomic E-state index is 0.226. The fourth-order valence-electron chi connectivity index (χ4n) is 2.50. The van der Waals surface area contributed by atoms with E-state index in [2.05, 4.69) is 58.9 Å². The Morgan fingerprint density at radius 2 is 1.67 bits per heavy atom. The van der Waals surface area contributed by atoms with E-state index in [1.54, 1.807) is 0 Å². The molecule has 0 heterocycles. The largest absolute Gasteiger partial charge is 0.386 e. The fourth-order valence-corrected chi connectivity index (χ4v) is 2.50. The van der Waals surface area contributed by atoms with E-state index < -0.39 is 5.60 Å². The molecule has 0 saturated carbocycles. The lowest BCUT2D eigenvalue weighted by Crippen LogP contribution is -2.32. The van der Waals surface area contributed by atoms with E-state index in [9.17, 15) is 5.11 Å². The number of allylic oxidation sites excluding steroid dienone is 7. The van der Waals surface area contributed by atoms with Crippen LogP contribution >= 0.6 is 0 Å². The quantitative estimate of drug-likeness (QED) is 0.611. The van der Waals surface area contributed by atoms with Gasteiger partial charge >= 0.3 is 0 Å². The van der Waals surface area contributed by atoms with E-state index in [1.165, 1.54) is 16.7 Å². The summed E-state index contributed by atoms with van der Waals surface area (Å²) >= 11 is 0. The maximum atomic E-state index is 10.9. The van der Waals surface area contributed by atoms with Gasteiger partial charge < -0.3 is 5.11 Å². The zero-order valence-corrected chi connectivity index (χ0v) is 14.4. The molecule has 0 aromatic rings. The normalized spacial score (nSPS) is 28.4. The predicted molar refractivity (Wildman–Crippen MR) is 93.3 cm³/mol. The van der Waals surface area contributed by atoms with Crippen LogP contribution in [0.2, 0.25) is 0 Å². The van der Waals surface area contributed by atoms with Crippen molar-refractivity contribution in [2.24, 2.45) is 5.92 Å². The molecule has 1 N–H and O–H groups in total. The molecule has 0 saturated heterocycles. The summed E-state index contributed by atoms with van der Waals surface area (Å²) < 4.78 is 0. The third kappa shape index (κ3) is 6.48. The molecule has 1 heteroatoms. The first-order valence-electron chi connectivity index (χ1n) is 8.23. The summed E-state index contributed by atoms with van der Waals surface area (Å²) in [6, 6.07) is 0. The summed E-state index contributed by atoms with van der Waals surface area (Å²) in [5.74, 6) is 0.226. The van der Waals surface area contributed by atoms with Crippen molar-refractivity contribution < 1.29 is 5.11 Å². The van der Waals surface area contributed by atoms with Crippen LogP contribution in [0.1, 0.15) is 66.7 Å². The Morgan fingerprint density at radius 3 is 2.33 bits per heavy atom. The van der Waals surface area contributed by atoms with Crippen molar-refractivity contribution >= 4 is 0 Å². The van der Waals surface area contributed by atoms with Crippen LogP contribution in [0.3, 0.4) is 0 Å². The van der Waals surface area contributed by atoms with Gasteiger partial charge in [-0.25, -0.2) is 0 Å². The summed E-state index contributed by atoms with van der Waals surface area (Å²) in [6.07, 6.45) is 15.9. The molecule has 0 spiro atoms. The Balaban J connectivity index is 2.99. The second-order valence-electron chi connectivity index (χ2n) is 6.80. The second-order valence-corrected chi connectivity index (χ2v) is 6.80. The lowest BCUT2D eigenvalue weighted by Gasteiger charge is -2.29. The number of hydrogen-bond donors (Lipinski definition) is 1. The molecule has 0 aliphatic heterocycles. The van der Waals surface area contributed by atoms with Gasteiger partial charge in [-0.1, -0.05) is 60.9 Å². The van der Waals surface area contributed by atoms with E-state index in [0.717, 1.165) is 32.1 Å². The Hall–Kier alpha value is -1.08. The molecular formula is C20H32O. The molecule has 0 aromatic heterocycles. The summed E-state index contributed by atoms with van der Waals surface area (Å²) in [5, 5.41) is 10.9. The Bertz CT molecular complexity index is 448. The van der Waals surface area contributed by atoms with E-state index in [1.807, 2.05) is 6.08 Å². The standard InChI is InChI=1S/C20H32O/c1-16(2)20(21)14-12-18(4)10-6-8-17(3)9-7-11-19(5)13-15-20/h8,10-12,14,16,21H,6-7,9,13,15H2,1-5H3/b14-12?,17-8?,18-10?,19-11+/t20-/m0/s1. The molecule has 1 rings (SSSR count). The molecule has 0 amide bonds. The highest BCUT2D eigenvalue weighted by atomic mass is 16.3. The van der Waals surface area contributed by atoms with E-state index in [0.29, 0.717) is 0 Å². The molecule has 1 nitrogen and oxygen atoms in total. The molecule has 0 fully saturated rings. The van der Waals surface area contributed by atoms with Crippen molar-refractivity contribution in [1.29, 1.82) is 0 Å². The van der Waals surface area contributed by atoms with Crippen molar-refractivity contribution in [2.45, 2.75) is 72.3 Å². The van der Waals surface area contributed by atoms with E-state index in [4.69, 9.17) is 0 Å². The molecular weight excluding hydrogens is 256 g/mol. The molecule has 21 heavy (non-hydrogen) atoms. The van der Waals surface area contributed by atoms with Gasteiger partial charge in [0.15, 0.2) is 0 Å². The summed E-state index contributed by atoms with van der Waals surface area (Å²) in [7, 11) is 0. The highest BCUT2D eigenvalue weighted by Gasteiger charge is 2.27. The molecule has 1 aliphatic carbocycles. The molecule has 0 aromatic carbocycles. The highest BCUT2D eigenvalue weighted by molar-refractivity contribution is 5.22. The first kappa shape index (κ1) is 18.0. The Labute approximate surface area is 131 Å². The van der Waals surface area contributed by atoms with Crippen molar-refractivity contribution in [3.05, 3.63) is 47.1 Å². The van der Waals surface area contributed by atoms with Gasteiger partial charge in [-0.3, -0.25) is 0 Å². The predicted octanol–water partition coefficient (Wildman–Crippen LogP) is 5.73. The van der Waals surface area contributed by atoms with Crippen molar-refractivity contribution in [2.75, 3.05) is 0 Å². The smallest absolute Gasteiger partial charge is 0.0856 e. The van der Waals surface area contributed by atoms with Gasteiger partial charge in [0.25, 0.3) is 0 Å². The van der Waals surface area contributed by atoms with Crippen LogP contribution in [0.4, 0.5) is 0 Å². The number of hydrogen-bond acceptors (Lipinski definition) is 1. The van der Waals surface area contributed by atoms with Gasteiger partial charge in [0.2, 0.25) is 0 Å². The van der Waals surface area contributed by atoms with Crippen molar-refractivity contribution in [3.63, 3.8) is 0 Å². The fraction of sp³-hybridized carbons (Fsp3) is 0.600. The van der Waals surface area contributed by atoms with Gasteiger partial charge in [0.05, 0.1) is 5.60 Å². The van der Waals surface area contributed by atoms with Crippen molar-refractivity contribution in [1.82, 2.24) is 0 Å². The first-order chi connectivity index (χ1) is 9.83. The number of rotatable bonds is 1. The van der Waals surface area contributed by atoms with Crippen LogP contribution in [0.5, 0.6) is 0 Å². The maximum Gasteiger partial charge on any atom is 0.0856 e. The maximum absolute atomic E-state index is 10.9. The zero-order chi connectivity index (χ0) is 15.9. The summed E-state index contributed by atoms with van der Waals surface area (Å²) in [6.45, 7) is 10.7. The second kappa shape index (κ2) is 8.38. The van der Waals surface area contributed by atoms with Crippen LogP contribution < -0.4 is 0 Å². The highest BCUT2D eigenvalue weighted by Crippen LogP contribution is 2.27. The minimum Gasteiger partial charge on any atom is -0.386 e. The summed E-state index contributed by atoms with van der Waals surface area (Å²) in [4.78, 5) is 0. The Morgan fingerprint density at radius 1 is 1.00 bits per heavy atom. The van der Waals surface area contributed by atoms with Crippen LogP contribution in [0, 0.1) is 5.92 Å². The average molecular weight is 288 g/mol. The van der Waals surface area contributed by atoms with E-state index in [-0.39, 0.29) is 5.92 Å².